The summed E-state index contributed by atoms with van der Waals surface area (Å²) >= 11 is 0. The van der Waals surface area contributed by atoms with Gasteiger partial charge in [-0.15, -0.1) is 0 Å². The smallest absolute Gasteiger partial charge is 0.197 e. The average Bonchev–Trinajstić information content (AvgIpc) is 3.00. The van der Waals surface area contributed by atoms with Crippen LogP contribution in [0.2, 0.25) is 0 Å². The number of benzene rings is 2. The maximum Gasteiger partial charge on any atom is 0.197 e. The van der Waals surface area contributed by atoms with Crippen LogP contribution in [0.1, 0.15) is 15.9 Å². The van der Waals surface area contributed by atoms with Crippen molar-refractivity contribution in [3.8, 4) is 45.4 Å². The molecule has 4 aromatic rings. The van der Waals surface area contributed by atoms with E-state index in [4.69, 9.17) is 0 Å². The number of aromatic hydroxyl groups is 2. The molecule has 0 radical (unpaired) electrons. The van der Waals surface area contributed by atoms with Crippen LogP contribution in [0.3, 0.4) is 0 Å². The molecule has 29 heavy (non-hydrogen) atoms. The number of rotatable bonds is 2. The number of carbonyl (C=O) groups is 1. The van der Waals surface area contributed by atoms with Gasteiger partial charge < -0.3 is 10.2 Å². The molecule has 0 saturated carbocycles. The van der Waals surface area contributed by atoms with Crippen molar-refractivity contribution in [3.63, 3.8) is 0 Å². The van der Waals surface area contributed by atoms with Gasteiger partial charge in [0.25, 0.3) is 0 Å². The maximum absolute atomic E-state index is 12.7. The number of hydrogen-bond acceptors (Lipinski definition) is 5. The molecule has 5 rings (SSSR count). The Hall–Kier alpha value is -3.30. The Morgan fingerprint density at radius 2 is 0.966 bits per heavy atom. The molecule has 2 aromatic carbocycles. The minimum absolute atomic E-state index is 0. The number of phenols is 2. The number of carbonyl (C=O) groups excluding carboxylic acids is 1. The van der Waals surface area contributed by atoms with Gasteiger partial charge in [0.2, 0.25) is 0 Å². The molecule has 2 aromatic heterocycles. The number of hydrogen-bond donors (Lipinski definition) is 2. The van der Waals surface area contributed by atoms with E-state index in [0.29, 0.717) is 45.0 Å². The molecule has 0 atom stereocenters. The maximum atomic E-state index is 12.7. The van der Waals surface area contributed by atoms with Crippen LogP contribution in [0.5, 0.6) is 11.5 Å². The third-order valence-electron chi connectivity index (χ3n) is 4.86. The Balaban J connectivity index is 0.00000205. The molecule has 144 valence electrons. The normalized spacial score (nSPS) is 11.5. The van der Waals surface area contributed by atoms with Gasteiger partial charge in [-0.2, -0.15) is 0 Å². The first-order valence-electron chi connectivity index (χ1n) is 8.77. The van der Waals surface area contributed by atoms with Gasteiger partial charge in [0.05, 0.1) is 22.5 Å². The molecular weight excluding hydrogens is 547 g/mol. The molecule has 0 fully saturated rings. The van der Waals surface area contributed by atoms with Crippen LogP contribution < -0.4 is 0 Å². The molecule has 0 spiro atoms. The van der Waals surface area contributed by atoms with Gasteiger partial charge >= 0.3 is 0 Å². The van der Waals surface area contributed by atoms with Crippen LogP contribution in [-0.2, 0) is 21.1 Å². The van der Waals surface area contributed by atoms with E-state index < -0.39 is 0 Å². The number of phenolic OH excluding ortho intramolecular Hbond substituents is 2. The molecule has 0 aliphatic heterocycles. The van der Waals surface area contributed by atoms with Gasteiger partial charge in [-0.25, -0.2) is 9.97 Å². The molecule has 0 bridgehead atoms. The monoisotopic (exact) mass is 561 g/mol. The second-order valence-electron chi connectivity index (χ2n) is 6.55. The fourth-order valence-electron chi connectivity index (χ4n) is 3.47. The molecule has 1 aliphatic rings. The summed E-state index contributed by atoms with van der Waals surface area (Å²) in [6.07, 6.45) is 0. The summed E-state index contributed by atoms with van der Waals surface area (Å²) in [5.41, 5.74) is 4.23. The Labute approximate surface area is 181 Å². The van der Waals surface area contributed by atoms with Crippen molar-refractivity contribution >= 4 is 5.78 Å². The predicted octanol–water partition coefficient (Wildman–Crippen LogP) is 4.43. The summed E-state index contributed by atoms with van der Waals surface area (Å²) < 4.78 is 0. The van der Waals surface area contributed by atoms with Crippen molar-refractivity contribution in [2.45, 2.75) is 0 Å². The van der Waals surface area contributed by atoms with E-state index in [-0.39, 0.29) is 38.3 Å². The van der Waals surface area contributed by atoms with E-state index in [1.54, 1.807) is 60.7 Å². The van der Waals surface area contributed by atoms with Crippen molar-refractivity contribution in [1.82, 2.24) is 9.97 Å². The number of fused-ring (bicyclic) bond motifs is 3. The minimum Gasteiger partial charge on any atom is -0.507 e. The summed E-state index contributed by atoms with van der Waals surface area (Å²) in [7, 11) is 0. The first-order chi connectivity index (χ1) is 13.6. The fraction of sp³-hybridized carbons (Fsp3) is 0. The van der Waals surface area contributed by atoms with Crippen LogP contribution in [0, 0.1) is 0 Å². The Bertz CT molecular complexity index is 1170. The third kappa shape index (κ3) is 3.04. The Morgan fingerprint density at radius 1 is 0.552 bits per heavy atom. The van der Waals surface area contributed by atoms with E-state index >= 15 is 0 Å². The van der Waals surface area contributed by atoms with Gasteiger partial charge in [0.15, 0.2) is 5.78 Å². The van der Waals surface area contributed by atoms with Crippen molar-refractivity contribution in [2.75, 3.05) is 0 Å². The van der Waals surface area contributed by atoms with E-state index in [0.717, 1.165) is 0 Å². The zero-order valence-corrected chi connectivity index (χ0v) is 17.2. The molecule has 2 heterocycles. The number of pyridine rings is 2. The third-order valence-corrected chi connectivity index (χ3v) is 4.86. The Kier molecular flexibility index (Phi) is 4.77. The van der Waals surface area contributed by atoms with Crippen molar-refractivity contribution in [2.24, 2.45) is 0 Å². The van der Waals surface area contributed by atoms with E-state index in [1.165, 1.54) is 0 Å². The summed E-state index contributed by atoms with van der Waals surface area (Å²) in [5.74, 6) is 0.114. The summed E-state index contributed by atoms with van der Waals surface area (Å²) in [6.45, 7) is 0. The first kappa shape index (κ1) is 19.0. The van der Waals surface area contributed by atoms with Gasteiger partial charge in [0.1, 0.15) is 22.9 Å². The molecule has 2 N–H and O–H groups in total. The zero-order valence-electron chi connectivity index (χ0n) is 14.9. The Morgan fingerprint density at radius 3 is 1.38 bits per heavy atom. The quantitative estimate of drug-likeness (QED) is 0.333. The largest absolute Gasteiger partial charge is 0.507 e. The second-order valence-corrected chi connectivity index (χ2v) is 6.55. The van der Waals surface area contributed by atoms with Gasteiger partial charge in [0, 0.05) is 32.2 Å². The molecule has 0 unspecified atom stereocenters. The molecule has 0 amide bonds. The SMILES string of the molecule is O=C1c2ccc(-c3ccccc3O)nc2-c2nc(-c3ccccc3O)ccc21.[Pt]. The van der Waals surface area contributed by atoms with Crippen LogP contribution in [0.25, 0.3) is 33.9 Å². The molecule has 1 aliphatic carbocycles. The topological polar surface area (TPSA) is 83.3 Å². The zero-order chi connectivity index (χ0) is 19.3. The number of aromatic nitrogens is 2. The molecule has 5 nitrogen and oxygen atoms in total. The van der Waals surface area contributed by atoms with Crippen LogP contribution in [0.4, 0.5) is 0 Å². The van der Waals surface area contributed by atoms with Gasteiger partial charge in [-0.3, -0.25) is 4.79 Å². The molecule has 6 heteroatoms. The standard InChI is InChI=1S/C23H14N2O3.Pt/c26-19-7-3-1-5-13(19)17-11-9-15-21(24-17)22-16(23(15)28)10-12-18(25-22)14-6-2-4-8-20(14)27;/h1-12,26-27H;. The van der Waals surface area contributed by atoms with Gasteiger partial charge in [-0.1, -0.05) is 24.3 Å². The summed E-state index contributed by atoms with van der Waals surface area (Å²) in [6, 6.07) is 20.7. The first-order valence-corrected chi connectivity index (χ1v) is 8.77. The van der Waals surface area contributed by atoms with E-state index in [2.05, 4.69) is 9.97 Å². The van der Waals surface area contributed by atoms with Crippen LogP contribution in [-0.4, -0.2) is 26.0 Å². The van der Waals surface area contributed by atoms with Crippen molar-refractivity contribution < 1.29 is 36.1 Å². The number of para-hydroxylation sites is 2. The number of ketones is 1. The van der Waals surface area contributed by atoms with Crippen molar-refractivity contribution in [1.29, 1.82) is 0 Å². The summed E-state index contributed by atoms with van der Waals surface area (Å²) in [4.78, 5) is 22.0. The van der Waals surface area contributed by atoms with Crippen LogP contribution in [0.15, 0.2) is 72.8 Å². The van der Waals surface area contributed by atoms with Gasteiger partial charge in [-0.05, 0) is 48.5 Å². The minimum atomic E-state index is -0.127. The summed E-state index contributed by atoms with van der Waals surface area (Å²) in [5, 5.41) is 20.3. The second kappa shape index (κ2) is 7.26. The molecule has 0 saturated heterocycles. The van der Waals surface area contributed by atoms with Crippen molar-refractivity contribution in [3.05, 3.63) is 83.9 Å². The molecular formula is C23H14N2O3Pt. The van der Waals surface area contributed by atoms with Crippen LogP contribution >= 0.6 is 0 Å². The predicted molar refractivity (Wildman–Crippen MR) is 105 cm³/mol. The number of nitrogens with zero attached hydrogens (tertiary/aromatic N) is 2. The average molecular weight is 561 g/mol. The van der Waals surface area contributed by atoms with E-state index in [1.807, 2.05) is 12.1 Å². The van der Waals surface area contributed by atoms with E-state index in [9.17, 15) is 15.0 Å². The fourth-order valence-corrected chi connectivity index (χ4v) is 3.47.